The summed E-state index contributed by atoms with van der Waals surface area (Å²) >= 11 is 1.55. The van der Waals surface area contributed by atoms with Crippen molar-refractivity contribution < 1.29 is 19.5 Å². The molecule has 5 atom stereocenters. The number of para-hydroxylation sites is 1. The highest BCUT2D eigenvalue weighted by atomic mass is 32.2. The van der Waals surface area contributed by atoms with Crippen molar-refractivity contribution in [3.63, 3.8) is 0 Å². The van der Waals surface area contributed by atoms with Crippen LogP contribution in [0.5, 0.6) is 0 Å². The fourth-order valence-electron chi connectivity index (χ4n) is 7.29. The number of hydrogen-bond donors (Lipinski definition) is 1. The summed E-state index contributed by atoms with van der Waals surface area (Å²) in [5.41, 5.74) is 1.53. The second-order valence-corrected chi connectivity index (χ2v) is 13.1. The minimum atomic E-state index is -0.950. The van der Waals surface area contributed by atoms with Gasteiger partial charge in [-0.15, -0.1) is 11.8 Å². The smallest absolute Gasteiger partial charge is 0.251 e. The van der Waals surface area contributed by atoms with Crippen LogP contribution >= 0.6 is 11.8 Å². The quantitative estimate of drug-likeness (QED) is 0.484. The standard InChI is InChI=1S/C33H31N3O4S/c1-32-15-7-17-34(24-11-3-2-4-12-24)29(38)26(32)27-30(39)36(19-20-37)28-31(40)35(18-8-16-33(27,28)41-32)25-14-13-22-9-5-6-10-23(22)21-25/h2-16,21,26-28,37H,17-20H2,1H3/t26-,27+,28?,32+,33+/m1/s1. The van der Waals surface area contributed by atoms with Gasteiger partial charge in [-0.2, -0.15) is 0 Å². The summed E-state index contributed by atoms with van der Waals surface area (Å²) in [6.07, 6.45) is 8.04. The molecule has 0 radical (unpaired) electrons. The zero-order valence-corrected chi connectivity index (χ0v) is 23.5. The predicted molar refractivity (Wildman–Crippen MR) is 162 cm³/mol. The number of aliphatic hydroxyl groups excluding tert-OH is 1. The lowest BCUT2D eigenvalue weighted by molar-refractivity contribution is -0.139. The van der Waals surface area contributed by atoms with Gasteiger partial charge in [0.15, 0.2) is 0 Å². The van der Waals surface area contributed by atoms with Crippen molar-refractivity contribution in [2.75, 3.05) is 36.0 Å². The molecule has 0 aliphatic carbocycles. The third-order valence-electron chi connectivity index (χ3n) is 9.01. The number of benzene rings is 3. The number of thioether (sulfide) groups is 1. The van der Waals surface area contributed by atoms with Gasteiger partial charge in [0.1, 0.15) is 6.04 Å². The maximum atomic E-state index is 14.6. The number of nitrogens with zero attached hydrogens (tertiary/aromatic N) is 3. The summed E-state index contributed by atoms with van der Waals surface area (Å²) in [6, 6.07) is 22.6. The predicted octanol–water partition coefficient (Wildman–Crippen LogP) is 4.03. The molecule has 2 saturated heterocycles. The molecule has 3 aromatic rings. The molecule has 3 amide bonds. The first-order valence-corrected chi connectivity index (χ1v) is 14.8. The molecule has 208 valence electrons. The van der Waals surface area contributed by atoms with Crippen LogP contribution < -0.4 is 9.80 Å². The molecule has 7 nitrogen and oxygen atoms in total. The summed E-state index contributed by atoms with van der Waals surface area (Å²) in [6.45, 7) is 2.55. The van der Waals surface area contributed by atoms with Crippen molar-refractivity contribution in [1.82, 2.24) is 4.90 Å². The van der Waals surface area contributed by atoms with Crippen LogP contribution in [-0.4, -0.2) is 69.5 Å². The largest absolute Gasteiger partial charge is 0.395 e. The fourth-order valence-corrected chi connectivity index (χ4v) is 9.44. The maximum absolute atomic E-state index is 14.6. The van der Waals surface area contributed by atoms with Gasteiger partial charge in [-0.1, -0.05) is 72.8 Å². The molecule has 4 aliphatic heterocycles. The Morgan fingerprint density at radius 1 is 0.780 bits per heavy atom. The number of β-amino-alcohol motifs (C(OH)–C–C–N with tert-alkyl or cyclic N) is 1. The molecule has 1 unspecified atom stereocenters. The van der Waals surface area contributed by atoms with E-state index in [2.05, 4.69) is 6.08 Å². The van der Waals surface area contributed by atoms with Crippen LogP contribution in [0.2, 0.25) is 0 Å². The second kappa shape index (κ2) is 9.60. The van der Waals surface area contributed by atoms with Crippen LogP contribution in [0.3, 0.4) is 0 Å². The molecule has 41 heavy (non-hydrogen) atoms. The molecule has 0 aromatic heterocycles. The Morgan fingerprint density at radius 2 is 1.46 bits per heavy atom. The van der Waals surface area contributed by atoms with Gasteiger partial charge >= 0.3 is 0 Å². The van der Waals surface area contributed by atoms with Crippen LogP contribution in [0.25, 0.3) is 10.8 Å². The second-order valence-electron chi connectivity index (χ2n) is 11.3. The zero-order chi connectivity index (χ0) is 28.4. The first-order chi connectivity index (χ1) is 19.9. The van der Waals surface area contributed by atoms with Gasteiger partial charge in [0, 0.05) is 35.8 Å². The number of fused-ring (bicyclic) bond motifs is 3. The lowest BCUT2D eigenvalue weighted by Gasteiger charge is -2.36. The third-order valence-corrected chi connectivity index (χ3v) is 10.8. The molecule has 1 N–H and O–H groups in total. The van der Waals surface area contributed by atoms with E-state index >= 15 is 0 Å². The van der Waals surface area contributed by atoms with E-state index in [1.165, 1.54) is 4.90 Å². The molecule has 2 fully saturated rings. The minimum absolute atomic E-state index is 0.0311. The van der Waals surface area contributed by atoms with Crippen molar-refractivity contribution >= 4 is 51.6 Å². The maximum Gasteiger partial charge on any atom is 0.251 e. The number of amides is 3. The van der Waals surface area contributed by atoms with Gasteiger partial charge in [0.2, 0.25) is 11.8 Å². The van der Waals surface area contributed by atoms with E-state index in [9.17, 15) is 19.5 Å². The van der Waals surface area contributed by atoms with Gasteiger partial charge in [-0.05, 0) is 42.0 Å². The van der Waals surface area contributed by atoms with E-state index < -0.39 is 27.4 Å². The number of likely N-dealkylation sites (tertiary alicyclic amines) is 1. The van der Waals surface area contributed by atoms with Crippen molar-refractivity contribution in [3.8, 4) is 0 Å². The number of anilines is 2. The van der Waals surface area contributed by atoms with Crippen LogP contribution in [0.1, 0.15) is 6.92 Å². The van der Waals surface area contributed by atoms with E-state index in [1.807, 2.05) is 97.9 Å². The van der Waals surface area contributed by atoms with Crippen molar-refractivity contribution in [3.05, 3.63) is 97.1 Å². The molecular formula is C33H31N3O4S. The average Bonchev–Trinajstić information content (AvgIpc) is 3.24. The van der Waals surface area contributed by atoms with Crippen LogP contribution in [0.4, 0.5) is 11.4 Å². The monoisotopic (exact) mass is 565 g/mol. The third kappa shape index (κ3) is 3.81. The van der Waals surface area contributed by atoms with Crippen LogP contribution in [-0.2, 0) is 14.4 Å². The van der Waals surface area contributed by atoms with Gasteiger partial charge in [-0.25, -0.2) is 0 Å². The molecule has 0 saturated carbocycles. The zero-order valence-electron chi connectivity index (χ0n) is 22.7. The Hall–Kier alpha value is -3.88. The Kier molecular flexibility index (Phi) is 6.10. The lowest BCUT2D eigenvalue weighted by Crippen LogP contribution is -2.54. The highest BCUT2D eigenvalue weighted by Crippen LogP contribution is 2.65. The molecule has 4 heterocycles. The summed E-state index contributed by atoms with van der Waals surface area (Å²) in [7, 11) is 0. The summed E-state index contributed by atoms with van der Waals surface area (Å²) in [5.74, 6) is -1.98. The van der Waals surface area contributed by atoms with Crippen molar-refractivity contribution in [2.24, 2.45) is 11.8 Å². The number of aliphatic hydroxyl groups is 1. The summed E-state index contributed by atoms with van der Waals surface area (Å²) in [4.78, 5) is 48.2. The Bertz CT molecular complexity index is 1620. The van der Waals surface area contributed by atoms with Gasteiger partial charge in [0.25, 0.3) is 5.91 Å². The van der Waals surface area contributed by atoms with Crippen LogP contribution in [0, 0.1) is 11.8 Å². The van der Waals surface area contributed by atoms with Gasteiger partial charge in [0.05, 0.1) is 23.2 Å². The number of hydrogen-bond acceptors (Lipinski definition) is 5. The minimum Gasteiger partial charge on any atom is -0.395 e. The molecule has 8 heteroatoms. The molecule has 1 spiro atoms. The van der Waals surface area contributed by atoms with Crippen molar-refractivity contribution in [1.29, 1.82) is 0 Å². The number of carbonyl (C=O) groups is 3. The first kappa shape index (κ1) is 26.0. The topological polar surface area (TPSA) is 81.2 Å². The molecule has 4 aliphatic rings. The average molecular weight is 566 g/mol. The molecule has 7 rings (SSSR count). The Morgan fingerprint density at radius 3 is 2.22 bits per heavy atom. The van der Waals surface area contributed by atoms with Gasteiger partial charge in [-0.3, -0.25) is 14.4 Å². The van der Waals surface area contributed by atoms with E-state index in [0.29, 0.717) is 13.1 Å². The Balaban J connectivity index is 1.33. The summed E-state index contributed by atoms with van der Waals surface area (Å²) < 4.78 is -1.64. The first-order valence-electron chi connectivity index (χ1n) is 14.0. The highest BCUT2D eigenvalue weighted by Gasteiger charge is 2.74. The normalized spacial score (nSPS) is 30.8. The molecule has 0 bridgehead atoms. The highest BCUT2D eigenvalue weighted by molar-refractivity contribution is 8.02. The van der Waals surface area contributed by atoms with Crippen molar-refractivity contribution in [2.45, 2.75) is 22.5 Å². The Labute approximate surface area is 243 Å². The van der Waals surface area contributed by atoms with E-state index in [0.717, 1.165) is 22.1 Å². The van der Waals surface area contributed by atoms with Gasteiger partial charge < -0.3 is 19.8 Å². The SMILES string of the molecule is C[C@]12C=CCN(c3ccccc3)C(=O)[C@H]1[C@H]1C(=O)N(CCO)C3C(=O)N(c4ccc5ccccc5c4)CC=C[C@@]31S2. The molecule has 3 aromatic carbocycles. The molecular weight excluding hydrogens is 534 g/mol. The van der Waals surface area contributed by atoms with E-state index in [1.54, 1.807) is 21.6 Å². The number of rotatable bonds is 4. The summed E-state index contributed by atoms with van der Waals surface area (Å²) in [5, 5.41) is 12.1. The fraction of sp³-hybridized carbons (Fsp3) is 0.303. The number of carbonyl (C=O) groups excluding carboxylic acids is 3. The van der Waals surface area contributed by atoms with Crippen LogP contribution in [0.15, 0.2) is 97.1 Å². The lowest BCUT2D eigenvalue weighted by atomic mass is 9.74. The van der Waals surface area contributed by atoms with E-state index in [-0.39, 0.29) is 30.9 Å². The van der Waals surface area contributed by atoms with E-state index in [4.69, 9.17) is 0 Å².